The average molecular weight is 281 g/mol. The number of benzene rings is 1. The molecule has 5 heteroatoms. The number of hydrogen-bond acceptors (Lipinski definition) is 4. The van der Waals surface area contributed by atoms with Crippen molar-refractivity contribution in [2.45, 2.75) is 5.92 Å². The summed E-state index contributed by atoms with van der Waals surface area (Å²) in [5, 5.41) is 18.9. The number of carbonyl (C=O) groups is 1. The normalized spacial score (nSPS) is 26.5. The van der Waals surface area contributed by atoms with Crippen molar-refractivity contribution in [3.05, 3.63) is 35.9 Å². The zero-order valence-electron chi connectivity index (χ0n) is 11.5. The maximum absolute atomic E-state index is 12.6. The highest BCUT2D eigenvalue weighted by Gasteiger charge is 2.71. The summed E-state index contributed by atoms with van der Waals surface area (Å²) >= 11 is 0. The van der Waals surface area contributed by atoms with Crippen molar-refractivity contribution >= 4 is 5.91 Å². The fourth-order valence-electron chi connectivity index (χ4n) is 3.12. The summed E-state index contributed by atoms with van der Waals surface area (Å²) in [6.07, 6.45) is 0. The molecule has 2 aliphatic rings. The number of rotatable bonds is 2. The molecule has 0 spiro atoms. The van der Waals surface area contributed by atoms with Crippen LogP contribution in [0, 0.1) is 34.0 Å². The molecular weight excluding hydrogens is 266 g/mol. The summed E-state index contributed by atoms with van der Waals surface area (Å²) < 4.78 is 5.24. The largest absolute Gasteiger partial charge is 0.378 e. The van der Waals surface area contributed by atoms with E-state index >= 15 is 0 Å². The topological polar surface area (TPSA) is 77.1 Å². The molecule has 2 fully saturated rings. The molecule has 1 aromatic carbocycles. The predicted octanol–water partition coefficient (Wildman–Crippen LogP) is 1.29. The number of nitriles is 2. The summed E-state index contributed by atoms with van der Waals surface area (Å²) in [6, 6.07) is 13.5. The predicted molar refractivity (Wildman–Crippen MR) is 73.7 cm³/mol. The Kier molecular flexibility index (Phi) is 3.37. The Hall–Kier alpha value is -2.37. The molecule has 5 nitrogen and oxygen atoms in total. The van der Waals surface area contributed by atoms with Crippen LogP contribution in [0.5, 0.6) is 0 Å². The first-order valence-corrected chi connectivity index (χ1v) is 6.98. The standard InChI is InChI=1S/C16H15N3O2/c17-10-16(11-18)13(12-4-2-1-3-5-12)14(16)15(20)19-6-8-21-9-7-19/h1-5,13-14H,6-9H2. The number of amides is 1. The zero-order valence-corrected chi connectivity index (χ0v) is 11.5. The van der Waals surface area contributed by atoms with Gasteiger partial charge in [0, 0.05) is 19.0 Å². The van der Waals surface area contributed by atoms with Crippen LogP contribution in [0.15, 0.2) is 30.3 Å². The van der Waals surface area contributed by atoms with Gasteiger partial charge in [0.2, 0.25) is 5.91 Å². The quantitative estimate of drug-likeness (QED) is 0.818. The third-order valence-corrected chi connectivity index (χ3v) is 4.32. The number of carbonyl (C=O) groups excluding carboxylic acids is 1. The third kappa shape index (κ3) is 2.07. The summed E-state index contributed by atoms with van der Waals surface area (Å²) in [6.45, 7) is 2.09. The molecule has 1 amide bonds. The number of ether oxygens (including phenoxy) is 1. The number of morpholine rings is 1. The Balaban J connectivity index is 1.88. The van der Waals surface area contributed by atoms with Gasteiger partial charge in [-0.3, -0.25) is 4.79 Å². The molecule has 21 heavy (non-hydrogen) atoms. The van der Waals surface area contributed by atoms with Crippen molar-refractivity contribution < 1.29 is 9.53 Å². The lowest BCUT2D eigenvalue weighted by molar-refractivity contribution is -0.137. The van der Waals surface area contributed by atoms with Gasteiger partial charge in [0.1, 0.15) is 0 Å². The summed E-state index contributed by atoms with van der Waals surface area (Å²) in [7, 11) is 0. The number of hydrogen-bond donors (Lipinski definition) is 0. The summed E-state index contributed by atoms with van der Waals surface area (Å²) in [4.78, 5) is 14.4. The Morgan fingerprint density at radius 3 is 2.38 bits per heavy atom. The average Bonchev–Trinajstić information content (AvgIpc) is 3.25. The van der Waals surface area contributed by atoms with E-state index in [0.29, 0.717) is 26.3 Å². The van der Waals surface area contributed by atoms with E-state index in [4.69, 9.17) is 4.74 Å². The van der Waals surface area contributed by atoms with Gasteiger partial charge in [-0.15, -0.1) is 0 Å². The summed E-state index contributed by atoms with van der Waals surface area (Å²) in [5.74, 6) is -0.993. The lowest BCUT2D eigenvalue weighted by Crippen LogP contribution is -2.42. The third-order valence-electron chi connectivity index (χ3n) is 4.32. The van der Waals surface area contributed by atoms with Gasteiger partial charge in [0.05, 0.1) is 31.3 Å². The van der Waals surface area contributed by atoms with E-state index in [1.165, 1.54) is 0 Å². The van der Waals surface area contributed by atoms with Crippen LogP contribution in [0.2, 0.25) is 0 Å². The van der Waals surface area contributed by atoms with Gasteiger partial charge in [0.25, 0.3) is 0 Å². The van der Waals surface area contributed by atoms with Crippen molar-refractivity contribution in [3.63, 3.8) is 0 Å². The Morgan fingerprint density at radius 1 is 1.19 bits per heavy atom. The van der Waals surface area contributed by atoms with Gasteiger partial charge in [-0.05, 0) is 5.56 Å². The minimum atomic E-state index is -1.23. The second kappa shape index (κ2) is 5.20. The summed E-state index contributed by atoms with van der Waals surface area (Å²) in [5.41, 5.74) is -0.344. The molecule has 1 saturated carbocycles. The molecule has 1 aliphatic heterocycles. The lowest BCUT2D eigenvalue weighted by atomic mass is 10.0. The molecule has 0 aromatic heterocycles. The van der Waals surface area contributed by atoms with E-state index < -0.39 is 11.3 Å². The maximum Gasteiger partial charge on any atom is 0.229 e. The first-order chi connectivity index (χ1) is 10.2. The molecule has 2 atom stereocenters. The van der Waals surface area contributed by atoms with Gasteiger partial charge < -0.3 is 9.64 Å². The second-order valence-corrected chi connectivity index (χ2v) is 5.40. The fourth-order valence-corrected chi connectivity index (χ4v) is 3.12. The number of nitrogens with zero attached hydrogens (tertiary/aromatic N) is 3. The van der Waals surface area contributed by atoms with Gasteiger partial charge in [-0.1, -0.05) is 30.3 Å². The maximum atomic E-state index is 12.6. The van der Waals surface area contributed by atoms with Gasteiger partial charge >= 0.3 is 0 Å². The van der Waals surface area contributed by atoms with Crippen LogP contribution in [-0.2, 0) is 9.53 Å². The molecule has 0 bridgehead atoms. The Morgan fingerprint density at radius 2 is 1.81 bits per heavy atom. The SMILES string of the molecule is N#CC1(C#N)C(C(=O)N2CCOCC2)C1c1ccccc1. The van der Waals surface area contributed by atoms with Crippen LogP contribution >= 0.6 is 0 Å². The van der Waals surface area contributed by atoms with E-state index in [1.54, 1.807) is 4.90 Å². The first kappa shape index (κ1) is 13.6. The van der Waals surface area contributed by atoms with E-state index in [0.717, 1.165) is 5.56 Å². The highest BCUT2D eigenvalue weighted by Crippen LogP contribution is 2.64. The van der Waals surface area contributed by atoms with Gasteiger partial charge in [0.15, 0.2) is 5.41 Å². The minimum Gasteiger partial charge on any atom is -0.378 e. The van der Waals surface area contributed by atoms with Crippen molar-refractivity contribution in [1.82, 2.24) is 4.90 Å². The highest BCUT2D eigenvalue weighted by atomic mass is 16.5. The smallest absolute Gasteiger partial charge is 0.229 e. The van der Waals surface area contributed by atoms with Crippen LogP contribution in [0.4, 0.5) is 0 Å². The zero-order chi connectivity index (χ0) is 14.9. The minimum absolute atomic E-state index is 0.102. The molecule has 106 valence electrons. The first-order valence-electron chi connectivity index (χ1n) is 6.98. The Labute approximate surface area is 123 Å². The van der Waals surface area contributed by atoms with E-state index in [1.807, 2.05) is 30.3 Å². The monoisotopic (exact) mass is 281 g/mol. The van der Waals surface area contributed by atoms with Gasteiger partial charge in [-0.2, -0.15) is 10.5 Å². The van der Waals surface area contributed by atoms with E-state index in [2.05, 4.69) is 12.1 Å². The van der Waals surface area contributed by atoms with Gasteiger partial charge in [-0.25, -0.2) is 0 Å². The van der Waals surface area contributed by atoms with Crippen LogP contribution in [-0.4, -0.2) is 37.1 Å². The molecule has 3 rings (SSSR count). The van der Waals surface area contributed by atoms with Crippen LogP contribution in [0.1, 0.15) is 11.5 Å². The lowest BCUT2D eigenvalue weighted by Gasteiger charge is -2.27. The van der Waals surface area contributed by atoms with Crippen molar-refractivity contribution in [3.8, 4) is 12.1 Å². The van der Waals surface area contributed by atoms with Crippen molar-refractivity contribution in [2.24, 2.45) is 11.3 Å². The van der Waals surface area contributed by atoms with Crippen molar-refractivity contribution in [2.75, 3.05) is 26.3 Å². The van der Waals surface area contributed by atoms with E-state index in [9.17, 15) is 15.3 Å². The fraction of sp³-hybridized carbons (Fsp3) is 0.438. The molecule has 0 N–H and O–H groups in total. The molecule has 1 aliphatic carbocycles. The molecule has 1 heterocycles. The molecule has 1 saturated heterocycles. The molecule has 2 unspecified atom stereocenters. The van der Waals surface area contributed by atoms with E-state index in [-0.39, 0.29) is 11.8 Å². The second-order valence-electron chi connectivity index (χ2n) is 5.40. The molecular formula is C16H15N3O2. The molecule has 1 aromatic rings. The highest BCUT2D eigenvalue weighted by molar-refractivity contribution is 5.87. The van der Waals surface area contributed by atoms with Crippen molar-refractivity contribution in [1.29, 1.82) is 10.5 Å². The van der Waals surface area contributed by atoms with Crippen LogP contribution < -0.4 is 0 Å². The van der Waals surface area contributed by atoms with Crippen LogP contribution in [0.25, 0.3) is 0 Å². The molecule has 0 radical (unpaired) electrons. The Bertz CT molecular complexity index is 609. The van der Waals surface area contributed by atoms with Crippen LogP contribution in [0.3, 0.4) is 0 Å².